The van der Waals surface area contributed by atoms with Crippen LogP contribution in [0.4, 0.5) is 11.5 Å². The number of nitrogens with zero attached hydrogens (tertiary/aromatic N) is 5. The van der Waals surface area contributed by atoms with Gasteiger partial charge in [0.15, 0.2) is 0 Å². The predicted octanol–water partition coefficient (Wildman–Crippen LogP) is 3.03. The number of benzene rings is 2. The summed E-state index contributed by atoms with van der Waals surface area (Å²) < 4.78 is 6.43. The van der Waals surface area contributed by atoms with Gasteiger partial charge in [-0.05, 0) is 36.8 Å². The highest BCUT2D eigenvalue weighted by atomic mass is 16.3. The smallest absolute Gasteiger partial charge is 0.331 e. The van der Waals surface area contributed by atoms with Crippen LogP contribution in [0.3, 0.4) is 0 Å². The second-order valence-electron chi connectivity index (χ2n) is 8.54. The maximum atomic E-state index is 13.3. The molecule has 2 aromatic carbocycles. The van der Waals surface area contributed by atoms with Gasteiger partial charge in [0.1, 0.15) is 11.2 Å². The first kappa shape index (κ1) is 22.4. The Hall–Kier alpha value is -4.37. The normalized spacial score (nSPS) is 12.2. The molecule has 5 aromatic rings. The molecule has 0 saturated carbocycles. The quantitative estimate of drug-likeness (QED) is 0.381. The third-order valence-corrected chi connectivity index (χ3v) is 6.16. The van der Waals surface area contributed by atoms with Gasteiger partial charge >= 0.3 is 5.69 Å². The van der Waals surface area contributed by atoms with Crippen molar-refractivity contribution in [1.82, 2.24) is 23.3 Å². The second kappa shape index (κ2) is 9.11. The maximum absolute atomic E-state index is 13.3. The van der Waals surface area contributed by atoms with Crippen LogP contribution in [-0.2, 0) is 13.6 Å². The van der Waals surface area contributed by atoms with Gasteiger partial charge in [-0.25, -0.2) is 9.78 Å². The van der Waals surface area contributed by atoms with Crippen molar-refractivity contribution < 1.29 is 5.11 Å². The summed E-state index contributed by atoms with van der Waals surface area (Å²) in [5, 5.41) is 13.6. The van der Waals surface area contributed by atoms with Crippen molar-refractivity contribution >= 4 is 22.4 Å². The van der Waals surface area contributed by atoms with Crippen LogP contribution in [-0.4, -0.2) is 35.0 Å². The van der Waals surface area contributed by atoms with Crippen molar-refractivity contribution in [3.05, 3.63) is 106 Å². The number of anilines is 2. The molecule has 9 nitrogen and oxygen atoms in total. The number of imidazole rings is 1. The largest absolute Gasteiger partial charge is 0.394 e. The molecule has 2 N–H and O–H groups in total. The highest BCUT2D eigenvalue weighted by molar-refractivity contribution is 5.92. The topological polar surface area (TPSA) is 99.0 Å². The minimum absolute atomic E-state index is 0.227. The summed E-state index contributed by atoms with van der Waals surface area (Å²) in [7, 11) is 1.46. The van der Waals surface area contributed by atoms with Crippen molar-refractivity contribution in [3.8, 4) is 5.69 Å². The maximum Gasteiger partial charge on any atom is 0.331 e. The molecule has 0 aliphatic carbocycles. The van der Waals surface area contributed by atoms with Crippen LogP contribution in [0, 0.1) is 0 Å². The molecular weight excluding hydrogens is 444 g/mol. The zero-order valence-corrected chi connectivity index (χ0v) is 19.5. The van der Waals surface area contributed by atoms with Gasteiger partial charge in [0.25, 0.3) is 5.56 Å². The van der Waals surface area contributed by atoms with Gasteiger partial charge in [0.05, 0.1) is 24.5 Å². The second-order valence-corrected chi connectivity index (χ2v) is 8.54. The van der Waals surface area contributed by atoms with Crippen molar-refractivity contribution in [1.29, 1.82) is 0 Å². The first-order valence-corrected chi connectivity index (χ1v) is 11.3. The molecule has 3 aromatic heterocycles. The Labute approximate surface area is 201 Å². The molecule has 0 fully saturated rings. The van der Waals surface area contributed by atoms with Gasteiger partial charge in [-0.1, -0.05) is 30.3 Å². The summed E-state index contributed by atoms with van der Waals surface area (Å²) in [6, 6.07) is 17.1. The molecule has 5 rings (SSSR count). The Morgan fingerprint density at radius 3 is 2.46 bits per heavy atom. The first-order chi connectivity index (χ1) is 17.0. The van der Waals surface area contributed by atoms with E-state index in [0.717, 1.165) is 21.5 Å². The van der Waals surface area contributed by atoms with E-state index in [0.29, 0.717) is 23.3 Å². The van der Waals surface area contributed by atoms with Crippen LogP contribution in [0.5, 0.6) is 0 Å². The molecule has 178 valence electrons. The van der Waals surface area contributed by atoms with Gasteiger partial charge in [0, 0.05) is 43.6 Å². The van der Waals surface area contributed by atoms with Crippen LogP contribution in [0.15, 0.2) is 89.1 Å². The van der Waals surface area contributed by atoms with Crippen LogP contribution in [0.1, 0.15) is 18.5 Å². The van der Waals surface area contributed by atoms with E-state index >= 15 is 0 Å². The molecule has 9 heteroatoms. The minimum Gasteiger partial charge on any atom is -0.394 e. The Kier molecular flexibility index (Phi) is 5.84. The molecule has 3 heterocycles. The van der Waals surface area contributed by atoms with Gasteiger partial charge in [-0.3, -0.25) is 13.9 Å². The molecule has 0 saturated heterocycles. The third kappa shape index (κ3) is 4.06. The van der Waals surface area contributed by atoms with Gasteiger partial charge < -0.3 is 19.6 Å². The Morgan fingerprint density at radius 2 is 1.80 bits per heavy atom. The van der Waals surface area contributed by atoms with Gasteiger partial charge in [-0.15, -0.1) is 0 Å². The Bertz CT molecular complexity index is 1580. The predicted molar refractivity (Wildman–Crippen MR) is 136 cm³/mol. The zero-order valence-electron chi connectivity index (χ0n) is 19.5. The lowest BCUT2D eigenvalue weighted by Crippen LogP contribution is -2.39. The van der Waals surface area contributed by atoms with Crippen molar-refractivity contribution in [3.63, 3.8) is 0 Å². The molecule has 0 spiro atoms. The number of para-hydroxylation sites is 1. The number of hydrogen-bond acceptors (Lipinski definition) is 5. The van der Waals surface area contributed by atoms with Crippen LogP contribution >= 0.6 is 0 Å². The number of fused-ring (bicyclic) bond motifs is 1. The van der Waals surface area contributed by atoms with E-state index in [-0.39, 0.29) is 12.2 Å². The molecule has 0 bridgehead atoms. The van der Waals surface area contributed by atoms with Gasteiger partial charge in [-0.2, -0.15) is 0 Å². The van der Waals surface area contributed by atoms with Gasteiger partial charge in [0.2, 0.25) is 0 Å². The molecule has 1 atom stereocenters. The van der Waals surface area contributed by atoms with E-state index in [1.807, 2.05) is 69.9 Å². The van der Waals surface area contributed by atoms with E-state index in [1.165, 1.54) is 11.6 Å². The zero-order chi connectivity index (χ0) is 24.5. The number of aliphatic hydroxyl groups excluding tert-OH is 1. The van der Waals surface area contributed by atoms with E-state index in [1.54, 1.807) is 25.6 Å². The number of rotatable bonds is 7. The van der Waals surface area contributed by atoms with E-state index in [4.69, 9.17) is 0 Å². The fourth-order valence-electron chi connectivity index (χ4n) is 4.26. The monoisotopic (exact) mass is 470 g/mol. The Balaban J connectivity index is 1.67. The SMILES string of the molecule is CC(CO)n1c(=O)n(C)c(=O)c2c(Nc3ccccc3)n(Cc3ccc(-n4ccnc4)cc3)cc21. The average molecular weight is 471 g/mol. The Morgan fingerprint density at radius 1 is 1.06 bits per heavy atom. The van der Waals surface area contributed by atoms with Crippen LogP contribution in [0.2, 0.25) is 0 Å². The molecule has 0 aliphatic rings. The fraction of sp³-hybridized carbons (Fsp3) is 0.192. The summed E-state index contributed by atoms with van der Waals surface area (Å²) in [6.45, 7) is 2.00. The summed E-state index contributed by atoms with van der Waals surface area (Å²) in [6.07, 6.45) is 7.16. The van der Waals surface area contributed by atoms with Crippen molar-refractivity contribution in [2.75, 3.05) is 11.9 Å². The highest BCUT2D eigenvalue weighted by Gasteiger charge is 2.22. The summed E-state index contributed by atoms with van der Waals surface area (Å²) in [5.74, 6) is 0.587. The molecule has 0 amide bonds. The standard InChI is InChI=1S/C26H26N6O3/c1-18(16-33)32-22-15-31(14-19-8-10-21(11-9-19)30-13-12-27-17-30)24(28-20-6-4-3-5-7-20)23(22)25(34)29(2)26(32)35/h3-13,15,17-18,28,33H,14,16H2,1-2H3. The van der Waals surface area contributed by atoms with E-state index in [9.17, 15) is 14.7 Å². The van der Waals surface area contributed by atoms with E-state index < -0.39 is 11.7 Å². The number of aliphatic hydroxyl groups is 1. The molecule has 0 aliphatic heterocycles. The first-order valence-electron chi connectivity index (χ1n) is 11.3. The average Bonchev–Trinajstić information content (AvgIpc) is 3.53. The van der Waals surface area contributed by atoms with Crippen LogP contribution in [0.25, 0.3) is 16.6 Å². The lowest BCUT2D eigenvalue weighted by atomic mass is 10.2. The third-order valence-electron chi connectivity index (χ3n) is 6.16. The number of hydrogen-bond donors (Lipinski definition) is 2. The lowest BCUT2D eigenvalue weighted by Gasteiger charge is -2.15. The molecule has 1 unspecified atom stereocenters. The molecular formula is C26H26N6O3. The highest BCUT2D eigenvalue weighted by Crippen LogP contribution is 2.28. The summed E-state index contributed by atoms with van der Waals surface area (Å²) in [4.78, 5) is 30.3. The molecule has 0 radical (unpaired) electrons. The number of aromatic nitrogens is 5. The lowest BCUT2D eigenvalue weighted by molar-refractivity contribution is 0.237. The van der Waals surface area contributed by atoms with Crippen LogP contribution < -0.4 is 16.6 Å². The minimum atomic E-state index is -0.494. The summed E-state index contributed by atoms with van der Waals surface area (Å²) >= 11 is 0. The van der Waals surface area contributed by atoms with Crippen molar-refractivity contribution in [2.45, 2.75) is 19.5 Å². The van der Waals surface area contributed by atoms with E-state index in [2.05, 4.69) is 10.3 Å². The fourth-order valence-corrected chi connectivity index (χ4v) is 4.26. The van der Waals surface area contributed by atoms with Crippen molar-refractivity contribution in [2.24, 2.45) is 7.05 Å². The number of nitrogens with one attached hydrogen (secondary N) is 1. The molecule has 35 heavy (non-hydrogen) atoms. The summed E-state index contributed by atoms with van der Waals surface area (Å²) in [5.41, 5.74) is 2.46.